The van der Waals surface area contributed by atoms with Gasteiger partial charge in [0.05, 0.1) is 12.2 Å². The number of ether oxygens (including phenoxy) is 1. The summed E-state index contributed by atoms with van der Waals surface area (Å²) in [5, 5.41) is 3.47. The summed E-state index contributed by atoms with van der Waals surface area (Å²) in [5.74, 6) is 0. The van der Waals surface area contributed by atoms with E-state index in [1.165, 1.54) is 51.6 Å². The lowest BCUT2D eigenvalue weighted by Crippen LogP contribution is -2.36. The van der Waals surface area contributed by atoms with E-state index in [0.29, 0.717) is 12.2 Å². The first-order chi connectivity index (χ1) is 8.83. The van der Waals surface area contributed by atoms with Gasteiger partial charge in [0, 0.05) is 19.1 Å². The highest BCUT2D eigenvalue weighted by Crippen LogP contribution is 2.25. The third-order valence-corrected chi connectivity index (χ3v) is 4.40. The molecule has 2 fully saturated rings. The van der Waals surface area contributed by atoms with Gasteiger partial charge in [-0.15, -0.1) is 0 Å². The van der Waals surface area contributed by atoms with E-state index in [9.17, 15) is 0 Å². The van der Waals surface area contributed by atoms with E-state index < -0.39 is 0 Å². The van der Waals surface area contributed by atoms with Crippen LogP contribution in [0.25, 0.3) is 0 Å². The second kappa shape index (κ2) is 7.46. The van der Waals surface area contributed by atoms with Crippen LogP contribution in [0.2, 0.25) is 0 Å². The van der Waals surface area contributed by atoms with Crippen molar-refractivity contribution in [2.24, 2.45) is 0 Å². The minimum Gasteiger partial charge on any atom is -0.372 e. The topological polar surface area (TPSA) is 24.5 Å². The molecule has 2 aliphatic rings. The Kier molecular flexibility index (Phi) is 5.93. The highest BCUT2D eigenvalue weighted by Gasteiger charge is 2.30. The zero-order valence-corrected chi connectivity index (χ0v) is 12.2. The molecule has 0 radical (unpaired) electrons. The number of hydrogen-bond donors (Lipinski definition) is 1. The zero-order valence-electron chi connectivity index (χ0n) is 12.2. The van der Waals surface area contributed by atoms with E-state index in [4.69, 9.17) is 4.74 Å². The highest BCUT2D eigenvalue weighted by atomic mass is 16.5. The molecule has 0 amide bonds. The monoisotopic (exact) mass is 254 g/mol. The van der Waals surface area contributed by atoms with Gasteiger partial charge in [0.2, 0.25) is 0 Å². The lowest BCUT2D eigenvalue weighted by atomic mass is 10.1. The molecule has 2 rings (SSSR count). The molecule has 0 aromatic heterocycles. The number of nitrogens with one attached hydrogen (secondary N) is 1. The van der Waals surface area contributed by atoms with Crippen LogP contribution in [0.15, 0.2) is 0 Å². The molecule has 0 saturated carbocycles. The minimum atomic E-state index is 0.462. The van der Waals surface area contributed by atoms with Gasteiger partial charge in [-0.3, -0.25) is 4.90 Å². The normalized spacial score (nSPS) is 33.3. The molecule has 0 aromatic rings. The second-order valence-corrected chi connectivity index (χ2v) is 5.86. The van der Waals surface area contributed by atoms with Crippen molar-refractivity contribution in [2.75, 3.05) is 26.2 Å². The zero-order chi connectivity index (χ0) is 12.8. The average Bonchev–Trinajstić information content (AvgIpc) is 2.99. The van der Waals surface area contributed by atoms with E-state index in [2.05, 4.69) is 24.1 Å². The van der Waals surface area contributed by atoms with Crippen molar-refractivity contribution >= 4 is 0 Å². The Balaban J connectivity index is 1.66. The van der Waals surface area contributed by atoms with Gasteiger partial charge < -0.3 is 10.1 Å². The largest absolute Gasteiger partial charge is 0.372 e. The maximum atomic E-state index is 6.16. The van der Waals surface area contributed by atoms with Crippen molar-refractivity contribution in [1.29, 1.82) is 0 Å². The van der Waals surface area contributed by atoms with Gasteiger partial charge in [-0.05, 0) is 51.6 Å². The van der Waals surface area contributed by atoms with E-state index >= 15 is 0 Å². The molecule has 18 heavy (non-hydrogen) atoms. The van der Waals surface area contributed by atoms with Crippen LogP contribution in [0.5, 0.6) is 0 Å². The van der Waals surface area contributed by atoms with Crippen LogP contribution >= 0.6 is 0 Å². The van der Waals surface area contributed by atoms with Gasteiger partial charge in [-0.2, -0.15) is 0 Å². The Hall–Kier alpha value is -0.120. The molecule has 0 spiro atoms. The van der Waals surface area contributed by atoms with Crippen molar-refractivity contribution in [3.8, 4) is 0 Å². The van der Waals surface area contributed by atoms with E-state index in [1.54, 1.807) is 0 Å². The molecule has 3 nitrogen and oxygen atoms in total. The summed E-state index contributed by atoms with van der Waals surface area (Å²) in [5.41, 5.74) is 0. The summed E-state index contributed by atoms with van der Waals surface area (Å²) in [6.07, 6.45) is 8.74. The number of likely N-dealkylation sites (tertiary alicyclic amines) is 1. The van der Waals surface area contributed by atoms with Gasteiger partial charge in [0.15, 0.2) is 0 Å². The predicted octanol–water partition coefficient (Wildman–Crippen LogP) is 2.41. The summed E-state index contributed by atoms with van der Waals surface area (Å²) in [4.78, 5) is 2.66. The molecule has 3 unspecified atom stereocenters. The number of hydrogen-bond acceptors (Lipinski definition) is 3. The van der Waals surface area contributed by atoms with Gasteiger partial charge >= 0.3 is 0 Å². The Bertz CT molecular complexity index is 235. The highest BCUT2D eigenvalue weighted by molar-refractivity contribution is 4.83. The minimum absolute atomic E-state index is 0.462. The molecule has 2 saturated heterocycles. The van der Waals surface area contributed by atoms with Gasteiger partial charge in [-0.25, -0.2) is 0 Å². The molecule has 3 heteroatoms. The smallest absolute Gasteiger partial charge is 0.0707 e. The SMILES string of the molecule is CCCNCC1CCC(CN2CCCC2CC)O1. The van der Waals surface area contributed by atoms with E-state index in [1.807, 2.05) is 0 Å². The van der Waals surface area contributed by atoms with Gasteiger partial charge in [-0.1, -0.05) is 13.8 Å². The molecule has 1 N–H and O–H groups in total. The molecule has 106 valence electrons. The maximum Gasteiger partial charge on any atom is 0.0707 e. The third kappa shape index (κ3) is 3.94. The lowest BCUT2D eigenvalue weighted by molar-refractivity contribution is 0.0208. The summed E-state index contributed by atoms with van der Waals surface area (Å²) in [6, 6.07) is 0.825. The Labute approximate surface area is 112 Å². The summed E-state index contributed by atoms with van der Waals surface area (Å²) >= 11 is 0. The molecule has 0 aromatic carbocycles. The van der Waals surface area contributed by atoms with Crippen molar-refractivity contribution < 1.29 is 4.74 Å². The first kappa shape index (κ1) is 14.3. The maximum absolute atomic E-state index is 6.16. The van der Waals surface area contributed by atoms with Crippen molar-refractivity contribution in [3.63, 3.8) is 0 Å². The van der Waals surface area contributed by atoms with E-state index in [0.717, 1.165) is 19.1 Å². The standard InChI is InChI=1S/C15H30N2O/c1-3-9-16-11-14-7-8-15(18-14)12-17-10-5-6-13(17)4-2/h13-16H,3-12H2,1-2H3. The second-order valence-electron chi connectivity index (χ2n) is 5.86. The van der Waals surface area contributed by atoms with Crippen molar-refractivity contribution in [1.82, 2.24) is 10.2 Å². The van der Waals surface area contributed by atoms with Crippen LogP contribution in [0.4, 0.5) is 0 Å². The van der Waals surface area contributed by atoms with Crippen molar-refractivity contribution in [3.05, 3.63) is 0 Å². The van der Waals surface area contributed by atoms with Crippen molar-refractivity contribution in [2.45, 2.75) is 70.6 Å². The van der Waals surface area contributed by atoms with Crippen LogP contribution in [0.3, 0.4) is 0 Å². The third-order valence-electron chi connectivity index (χ3n) is 4.40. The fourth-order valence-electron chi connectivity index (χ4n) is 3.36. The molecular weight excluding hydrogens is 224 g/mol. The van der Waals surface area contributed by atoms with Gasteiger partial charge in [0.1, 0.15) is 0 Å². The molecule has 2 aliphatic heterocycles. The Morgan fingerprint density at radius 2 is 2.00 bits per heavy atom. The first-order valence-electron chi connectivity index (χ1n) is 7.93. The molecular formula is C15H30N2O. The van der Waals surface area contributed by atoms with Gasteiger partial charge in [0.25, 0.3) is 0 Å². The fourth-order valence-corrected chi connectivity index (χ4v) is 3.36. The fraction of sp³-hybridized carbons (Fsp3) is 1.00. The molecule has 2 heterocycles. The van der Waals surface area contributed by atoms with E-state index in [-0.39, 0.29) is 0 Å². The Morgan fingerprint density at radius 3 is 2.78 bits per heavy atom. The number of rotatable bonds is 7. The van der Waals surface area contributed by atoms with Crippen LogP contribution in [0.1, 0.15) is 52.4 Å². The average molecular weight is 254 g/mol. The molecule has 0 bridgehead atoms. The van der Waals surface area contributed by atoms with Crippen LogP contribution in [-0.4, -0.2) is 49.3 Å². The summed E-state index contributed by atoms with van der Waals surface area (Å²) in [7, 11) is 0. The molecule has 0 aliphatic carbocycles. The molecule has 3 atom stereocenters. The Morgan fingerprint density at radius 1 is 1.17 bits per heavy atom. The summed E-state index contributed by atoms with van der Waals surface area (Å²) in [6.45, 7) is 9.15. The van der Waals surface area contributed by atoms with Crippen LogP contribution < -0.4 is 5.32 Å². The first-order valence-corrected chi connectivity index (χ1v) is 7.93. The lowest BCUT2D eigenvalue weighted by Gasteiger charge is -2.26. The summed E-state index contributed by atoms with van der Waals surface area (Å²) < 4.78 is 6.16. The number of nitrogens with zero attached hydrogens (tertiary/aromatic N) is 1. The predicted molar refractivity (Wildman–Crippen MR) is 75.9 cm³/mol. The van der Waals surface area contributed by atoms with Crippen LogP contribution in [0, 0.1) is 0 Å². The quantitative estimate of drug-likeness (QED) is 0.706. The van der Waals surface area contributed by atoms with Crippen LogP contribution in [-0.2, 0) is 4.74 Å².